The summed E-state index contributed by atoms with van der Waals surface area (Å²) in [5.74, 6) is 0.921. The third-order valence-corrected chi connectivity index (χ3v) is 5.34. The van der Waals surface area contributed by atoms with Gasteiger partial charge in [-0.1, -0.05) is 36.4 Å². The van der Waals surface area contributed by atoms with Crippen LogP contribution in [0, 0.1) is 0 Å². The molecule has 5 heteroatoms. The minimum atomic E-state index is -0.241. The van der Waals surface area contributed by atoms with E-state index in [1.807, 2.05) is 47.5 Å². The summed E-state index contributed by atoms with van der Waals surface area (Å²) in [6.45, 7) is 1.04. The van der Waals surface area contributed by atoms with Gasteiger partial charge in [0.1, 0.15) is 12.4 Å². The number of carbonyl (C=O) groups is 1. The Kier molecular flexibility index (Phi) is 5.04. The van der Waals surface area contributed by atoms with Gasteiger partial charge < -0.3 is 15.0 Å². The number of hydrogen-bond donors (Lipinski definition) is 1. The first kappa shape index (κ1) is 16.9. The zero-order chi connectivity index (χ0) is 17.8. The first-order chi connectivity index (χ1) is 12.8. The molecule has 1 atom stereocenters. The summed E-state index contributed by atoms with van der Waals surface area (Å²) in [7, 11) is 0. The van der Waals surface area contributed by atoms with Crippen LogP contribution in [0.2, 0.25) is 0 Å². The van der Waals surface area contributed by atoms with Crippen LogP contribution in [0.5, 0.6) is 0 Å². The van der Waals surface area contributed by atoms with Gasteiger partial charge >= 0.3 is 6.09 Å². The smallest absolute Gasteiger partial charge is 0.410 e. The molecular weight excluding hydrogens is 326 g/mol. The van der Waals surface area contributed by atoms with Gasteiger partial charge in [0.2, 0.25) is 0 Å². The van der Waals surface area contributed by atoms with Crippen LogP contribution in [0.1, 0.15) is 49.3 Å². The average Bonchev–Trinajstić information content (AvgIpc) is 3.13. The lowest BCUT2D eigenvalue weighted by Gasteiger charge is -2.30. The molecule has 1 saturated carbocycles. The maximum atomic E-state index is 12.7. The highest BCUT2D eigenvalue weighted by Crippen LogP contribution is 2.36. The predicted molar refractivity (Wildman–Crippen MR) is 101 cm³/mol. The summed E-state index contributed by atoms with van der Waals surface area (Å²) in [6.07, 6.45) is 7.19. The lowest BCUT2D eigenvalue weighted by atomic mass is 9.92. The lowest BCUT2D eigenvalue weighted by molar-refractivity contribution is 0.0921. The summed E-state index contributed by atoms with van der Waals surface area (Å²) in [4.78, 5) is 19.1. The number of nitrogens with zero attached hydrogens (tertiary/aromatic N) is 2. The Morgan fingerprint density at radius 2 is 1.96 bits per heavy atom. The second kappa shape index (κ2) is 7.77. The lowest BCUT2D eigenvalue weighted by Crippen LogP contribution is -2.33. The van der Waals surface area contributed by atoms with Crippen molar-refractivity contribution in [1.29, 1.82) is 0 Å². The molecule has 2 aromatic rings. The van der Waals surface area contributed by atoms with Crippen LogP contribution in [0.4, 0.5) is 10.6 Å². The Bertz CT molecular complexity index is 746. The molecule has 1 aliphatic carbocycles. The van der Waals surface area contributed by atoms with Crippen molar-refractivity contribution in [3.8, 4) is 0 Å². The van der Waals surface area contributed by atoms with Crippen molar-refractivity contribution in [3.63, 3.8) is 0 Å². The van der Waals surface area contributed by atoms with Gasteiger partial charge in [-0.2, -0.15) is 0 Å². The monoisotopic (exact) mass is 351 g/mol. The molecule has 0 bridgehead atoms. The fraction of sp³-hybridized carbons (Fsp3) is 0.429. The number of hydrogen-bond acceptors (Lipinski definition) is 4. The van der Waals surface area contributed by atoms with Gasteiger partial charge in [0.05, 0.1) is 6.04 Å². The number of rotatable bonds is 5. The molecule has 136 valence electrons. The molecule has 0 radical (unpaired) electrons. The molecule has 1 N–H and O–H groups in total. The normalized spacial score (nSPS) is 19.8. The largest absolute Gasteiger partial charge is 0.445 e. The average molecular weight is 351 g/mol. The molecule has 1 aromatic carbocycles. The second-order valence-electron chi connectivity index (χ2n) is 7.11. The molecule has 5 nitrogen and oxygen atoms in total. The van der Waals surface area contributed by atoms with Crippen molar-refractivity contribution >= 4 is 11.9 Å². The van der Waals surface area contributed by atoms with E-state index in [1.54, 1.807) is 0 Å². The minimum absolute atomic E-state index is 0.0366. The van der Waals surface area contributed by atoms with Crippen molar-refractivity contribution in [2.45, 2.75) is 50.8 Å². The molecule has 1 saturated heterocycles. The molecule has 2 heterocycles. The van der Waals surface area contributed by atoms with Gasteiger partial charge in [-0.25, -0.2) is 9.78 Å². The van der Waals surface area contributed by atoms with Crippen molar-refractivity contribution in [2.24, 2.45) is 0 Å². The van der Waals surface area contributed by atoms with E-state index in [0.717, 1.165) is 36.3 Å². The number of ether oxygens (including phenoxy) is 1. The van der Waals surface area contributed by atoms with Gasteiger partial charge in [-0.05, 0) is 43.7 Å². The number of benzene rings is 1. The Hall–Kier alpha value is -2.56. The van der Waals surface area contributed by atoms with E-state index in [2.05, 4.69) is 16.4 Å². The first-order valence-corrected chi connectivity index (χ1v) is 9.50. The molecule has 2 fully saturated rings. The van der Waals surface area contributed by atoms with E-state index in [-0.39, 0.29) is 12.1 Å². The van der Waals surface area contributed by atoms with Gasteiger partial charge in [0.15, 0.2) is 0 Å². The van der Waals surface area contributed by atoms with Crippen LogP contribution < -0.4 is 5.32 Å². The zero-order valence-corrected chi connectivity index (χ0v) is 14.9. The number of anilines is 1. The Labute approximate surface area is 154 Å². The van der Waals surface area contributed by atoms with Crippen molar-refractivity contribution in [1.82, 2.24) is 9.88 Å². The third kappa shape index (κ3) is 3.66. The molecule has 4 rings (SSSR count). The molecular formula is C21H25N3O2. The van der Waals surface area contributed by atoms with E-state index >= 15 is 0 Å². The summed E-state index contributed by atoms with van der Waals surface area (Å²) in [5.41, 5.74) is 2.11. The summed E-state index contributed by atoms with van der Waals surface area (Å²) >= 11 is 0. The fourth-order valence-corrected chi connectivity index (χ4v) is 3.66. The minimum Gasteiger partial charge on any atom is -0.445 e. The van der Waals surface area contributed by atoms with Crippen LogP contribution in [0.25, 0.3) is 0 Å². The van der Waals surface area contributed by atoms with E-state index in [1.165, 1.54) is 19.3 Å². The summed E-state index contributed by atoms with van der Waals surface area (Å²) < 4.78 is 5.56. The SMILES string of the molecule is O=C(OCc1ccccc1)N1CCC[C@@H]1c1cccnc1NC1CCC1. The number of likely N-dealkylation sites (tertiary alicyclic amines) is 1. The number of nitrogens with one attached hydrogen (secondary N) is 1. The van der Waals surface area contributed by atoms with Crippen LogP contribution in [0.15, 0.2) is 48.7 Å². The molecule has 26 heavy (non-hydrogen) atoms. The van der Waals surface area contributed by atoms with E-state index in [9.17, 15) is 4.79 Å². The standard InChI is InChI=1S/C21H25N3O2/c25-21(26-15-16-7-2-1-3-8-16)24-14-6-12-19(24)18-11-5-13-22-20(18)23-17-9-4-10-17/h1-3,5,7-8,11,13,17,19H,4,6,9-10,12,14-15H2,(H,22,23)/t19-/m1/s1. The van der Waals surface area contributed by atoms with Crippen molar-refractivity contribution < 1.29 is 9.53 Å². The number of carbonyl (C=O) groups excluding carboxylic acids is 1. The molecule has 2 aliphatic rings. The van der Waals surface area contributed by atoms with Gasteiger partial charge in [0.25, 0.3) is 0 Å². The fourth-order valence-electron chi connectivity index (χ4n) is 3.66. The summed E-state index contributed by atoms with van der Waals surface area (Å²) in [6, 6.07) is 14.4. The molecule has 0 spiro atoms. The highest BCUT2D eigenvalue weighted by atomic mass is 16.6. The number of aromatic nitrogens is 1. The van der Waals surface area contributed by atoms with Crippen molar-refractivity contribution in [2.75, 3.05) is 11.9 Å². The number of amides is 1. The molecule has 1 aliphatic heterocycles. The Balaban J connectivity index is 1.45. The maximum Gasteiger partial charge on any atom is 0.410 e. The zero-order valence-electron chi connectivity index (χ0n) is 14.9. The van der Waals surface area contributed by atoms with Crippen molar-refractivity contribution in [3.05, 3.63) is 59.8 Å². The van der Waals surface area contributed by atoms with Gasteiger partial charge in [-0.15, -0.1) is 0 Å². The van der Waals surface area contributed by atoms with E-state index < -0.39 is 0 Å². The van der Waals surface area contributed by atoms with Gasteiger partial charge in [-0.3, -0.25) is 0 Å². The predicted octanol–water partition coefficient (Wildman–Crippen LogP) is 4.52. The third-order valence-electron chi connectivity index (χ3n) is 5.34. The van der Waals surface area contributed by atoms with E-state index in [4.69, 9.17) is 4.74 Å². The second-order valence-corrected chi connectivity index (χ2v) is 7.11. The molecule has 1 aromatic heterocycles. The maximum absolute atomic E-state index is 12.7. The highest BCUT2D eigenvalue weighted by Gasteiger charge is 2.33. The van der Waals surface area contributed by atoms with Crippen LogP contribution in [-0.2, 0) is 11.3 Å². The highest BCUT2D eigenvalue weighted by molar-refractivity contribution is 5.69. The van der Waals surface area contributed by atoms with Gasteiger partial charge in [0, 0.05) is 24.3 Å². The first-order valence-electron chi connectivity index (χ1n) is 9.50. The van der Waals surface area contributed by atoms with Crippen LogP contribution in [-0.4, -0.2) is 28.6 Å². The quantitative estimate of drug-likeness (QED) is 0.860. The molecule has 0 unspecified atom stereocenters. The Morgan fingerprint density at radius 1 is 1.12 bits per heavy atom. The van der Waals surface area contributed by atoms with Crippen LogP contribution >= 0.6 is 0 Å². The van der Waals surface area contributed by atoms with E-state index in [0.29, 0.717) is 12.6 Å². The topological polar surface area (TPSA) is 54.5 Å². The molecule has 1 amide bonds. The Morgan fingerprint density at radius 3 is 2.73 bits per heavy atom. The van der Waals surface area contributed by atoms with Crippen LogP contribution in [0.3, 0.4) is 0 Å². The number of pyridine rings is 1. The summed E-state index contributed by atoms with van der Waals surface area (Å²) in [5, 5.41) is 3.55.